The average Bonchev–Trinajstić information content (AvgIpc) is 2.23. The number of nitrogens with one attached hydrogen (secondary N) is 1. The van der Waals surface area contributed by atoms with Crippen LogP contribution in [0.15, 0.2) is 18.2 Å². The summed E-state index contributed by atoms with van der Waals surface area (Å²) >= 11 is 0. The van der Waals surface area contributed by atoms with Gasteiger partial charge >= 0.3 is 0 Å². The Morgan fingerprint density at radius 3 is 2.42 bits per heavy atom. The number of rotatable bonds is 6. The predicted molar refractivity (Wildman–Crippen MR) is 71.7 cm³/mol. The third-order valence-corrected chi connectivity index (χ3v) is 3.96. The van der Waals surface area contributed by atoms with Crippen LogP contribution in [0.1, 0.15) is 25.5 Å². The maximum atomic E-state index is 13.5. The standard InChI is InChI=1S/C13H19F2NO2S/c1-9(8-19(3,17)18)7-16-10(2)12-5-4-11(14)6-13(12)15/h4-6,9-10,16H,7-8H2,1-3H3/t9-,10-/m1/s1. The summed E-state index contributed by atoms with van der Waals surface area (Å²) in [7, 11) is -3.01. The Hall–Kier alpha value is -1.01. The molecular formula is C13H19F2NO2S. The minimum Gasteiger partial charge on any atom is -0.310 e. The molecule has 0 fully saturated rings. The summed E-state index contributed by atoms with van der Waals surface area (Å²) in [6, 6.07) is 3.13. The van der Waals surface area contributed by atoms with Gasteiger partial charge in [-0.05, 0) is 25.5 Å². The molecule has 0 bridgehead atoms. The highest BCUT2D eigenvalue weighted by atomic mass is 32.2. The quantitative estimate of drug-likeness (QED) is 0.875. The molecule has 0 aliphatic carbocycles. The second-order valence-corrected chi connectivity index (χ2v) is 7.18. The first kappa shape index (κ1) is 16.0. The lowest BCUT2D eigenvalue weighted by molar-refractivity contribution is 0.473. The average molecular weight is 291 g/mol. The molecule has 0 amide bonds. The molecule has 0 aliphatic heterocycles. The van der Waals surface area contributed by atoms with Gasteiger partial charge in [-0.3, -0.25) is 0 Å². The number of hydrogen-bond donors (Lipinski definition) is 1. The van der Waals surface area contributed by atoms with Gasteiger partial charge in [-0.1, -0.05) is 13.0 Å². The molecule has 1 aromatic rings. The molecule has 1 rings (SSSR count). The van der Waals surface area contributed by atoms with Gasteiger partial charge in [0.05, 0.1) is 5.75 Å². The van der Waals surface area contributed by atoms with E-state index in [1.54, 1.807) is 6.92 Å². The second-order valence-electron chi connectivity index (χ2n) is 4.99. The fourth-order valence-corrected chi connectivity index (χ4v) is 3.07. The van der Waals surface area contributed by atoms with Crippen molar-refractivity contribution in [3.63, 3.8) is 0 Å². The summed E-state index contributed by atoms with van der Waals surface area (Å²) in [5, 5.41) is 3.05. The Labute approximate surface area is 112 Å². The minimum absolute atomic E-state index is 0.0686. The number of hydrogen-bond acceptors (Lipinski definition) is 3. The first-order valence-electron chi connectivity index (χ1n) is 6.05. The van der Waals surface area contributed by atoms with Crippen molar-refractivity contribution in [3.8, 4) is 0 Å². The van der Waals surface area contributed by atoms with Crippen LogP contribution in [0.2, 0.25) is 0 Å². The molecule has 1 aromatic carbocycles. The first-order chi connectivity index (χ1) is 8.69. The summed E-state index contributed by atoms with van der Waals surface area (Å²) in [5.41, 5.74) is 0.368. The first-order valence-corrected chi connectivity index (χ1v) is 8.11. The van der Waals surface area contributed by atoms with E-state index in [1.807, 2.05) is 6.92 Å². The van der Waals surface area contributed by atoms with Crippen molar-refractivity contribution in [2.24, 2.45) is 5.92 Å². The van der Waals surface area contributed by atoms with E-state index in [9.17, 15) is 17.2 Å². The van der Waals surface area contributed by atoms with Gasteiger partial charge in [0.1, 0.15) is 21.5 Å². The van der Waals surface area contributed by atoms with Gasteiger partial charge < -0.3 is 5.32 Å². The van der Waals surface area contributed by atoms with Gasteiger partial charge in [-0.2, -0.15) is 0 Å². The van der Waals surface area contributed by atoms with Crippen molar-refractivity contribution in [3.05, 3.63) is 35.4 Å². The van der Waals surface area contributed by atoms with E-state index in [0.717, 1.165) is 6.07 Å². The van der Waals surface area contributed by atoms with E-state index in [2.05, 4.69) is 5.32 Å². The van der Waals surface area contributed by atoms with Crippen LogP contribution in [0.25, 0.3) is 0 Å². The number of sulfone groups is 1. The van der Waals surface area contributed by atoms with Gasteiger partial charge in [0, 0.05) is 23.9 Å². The topological polar surface area (TPSA) is 46.2 Å². The molecule has 0 aromatic heterocycles. The summed E-state index contributed by atoms with van der Waals surface area (Å²) in [5.74, 6) is -1.20. The highest BCUT2D eigenvalue weighted by molar-refractivity contribution is 7.90. The molecule has 0 aliphatic rings. The third kappa shape index (κ3) is 5.65. The molecule has 3 nitrogen and oxygen atoms in total. The summed E-state index contributed by atoms with van der Waals surface area (Å²) < 4.78 is 48.5. The molecule has 2 atom stereocenters. The van der Waals surface area contributed by atoms with Crippen LogP contribution in [0, 0.1) is 17.6 Å². The summed E-state index contributed by atoms with van der Waals surface area (Å²) in [6.45, 7) is 4.01. The maximum Gasteiger partial charge on any atom is 0.147 e. The zero-order valence-corrected chi connectivity index (χ0v) is 12.1. The second kappa shape index (κ2) is 6.43. The fourth-order valence-electron chi connectivity index (χ4n) is 1.92. The third-order valence-electron chi connectivity index (χ3n) is 2.79. The van der Waals surface area contributed by atoms with E-state index < -0.39 is 21.5 Å². The molecule has 0 heterocycles. The molecule has 108 valence electrons. The Morgan fingerprint density at radius 1 is 1.26 bits per heavy atom. The SMILES string of the molecule is C[C@H](CN[C@H](C)c1ccc(F)cc1F)CS(C)(=O)=O. The summed E-state index contributed by atoms with van der Waals surface area (Å²) in [6.07, 6.45) is 1.19. The zero-order valence-electron chi connectivity index (χ0n) is 11.3. The van der Waals surface area contributed by atoms with Gasteiger partial charge in [-0.25, -0.2) is 17.2 Å². The van der Waals surface area contributed by atoms with Crippen LogP contribution < -0.4 is 5.32 Å². The van der Waals surface area contributed by atoms with Crippen LogP contribution in [-0.4, -0.2) is 27.0 Å². The van der Waals surface area contributed by atoms with Crippen LogP contribution >= 0.6 is 0 Å². The van der Waals surface area contributed by atoms with Gasteiger partial charge in [0.2, 0.25) is 0 Å². The molecule has 0 radical (unpaired) electrons. The lowest BCUT2D eigenvalue weighted by Crippen LogP contribution is -2.28. The smallest absolute Gasteiger partial charge is 0.147 e. The summed E-state index contributed by atoms with van der Waals surface area (Å²) in [4.78, 5) is 0. The van der Waals surface area contributed by atoms with E-state index >= 15 is 0 Å². The Bertz CT molecular complexity index is 531. The van der Waals surface area contributed by atoms with Gasteiger partial charge in [0.15, 0.2) is 0 Å². The van der Waals surface area contributed by atoms with Gasteiger partial charge in [0.25, 0.3) is 0 Å². The zero-order chi connectivity index (χ0) is 14.6. The Kier molecular flexibility index (Phi) is 5.43. The highest BCUT2D eigenvalue weighted by Crippen LogP contribution is 2.17. The highest BCUT2D eigenvalue weighted by Gasteiger charge is 2.14. The molecule has 0 spiro atoms. The van der Waals surface area contributed by atoms with Crippen molar-refractivity contribution < 1.29 is 17.2 Å². The maximum absolute atomic E-state index is 13.5. The van der Waals surface area contributed by atoms with Crippen molar-refractivity contribution in [1.82, 2.24) is 5.32 Å². The predicted octanol–water partition coefficient (Wildman–Crippen LogP) is 2.30. The molecular weight excluding hydrogens is 272 g/mol. The van der Waals surface area contributed by atoms with Crippen molar-refractivity contribution in [1.29, 1.82) is 0 Å². The van der Waals surface area contributed by atoms with E-state index in [0.29, 0.717) is 12.1 Å². The van der Waals surface area contributed by atoms with Crippen LogP contribution in [0.4, 0.5) is 8.78 Å². The minimum atomic E-state index is -3.01. The normalized spacial score (nSPS) is 15.2. The monoisotopic (exact) mass is 291 g/mol. The Morgan fingerprint density at radius 2 is 1.89 bits per heavy atom. The van der Waals surface area contributed by atoms with E-state index in [4.69, 9.17) is 0 Å². The molecule has 19 heavy (non-hydrogen) atoms. The van der Waals surface area contributed by atoms with Gasteiger partial charge in [-0.15, -0.1) is 0 Å². The number of halogens is 2. The van der Waals surface area contributed by atoms with Crippen molar-refractivity contribution >= 4 is 9.84 Å². The lowest BCUT2D eigenvalue weighted by Gasteiger charge is -2.18. The Balaban J connectivity index is 2.58. The van der Waals surface area contributed by atoms with Crippen LogP contribution in [0.5, 0.6) is 0 Å². The molecule has 0 saturated carbocycles. The molecule has 0 saturated heterocycles. The fraction of sp³-hybridized carbons (Fsp3) is 0.538. The van der Waals surface area contributed by atoms with E-state index in [1.165, 1.54) is 18.4 Å². The van der Waals surface area contributed by atoms with Crippen LogP contribution in [0.3, 0.4) is 0 Å². The lowest BCUT2D eigenvalue weighted by atomic mass is 10.1. The van der Waals surface area contributed by atoms with Crippen molar-refractivity contribution in [2.45, 2.75) is 19.9 Å². The molecule has 0 unspecified atom stereocenters. The van der Waals surface area contributed by atoms with Crippen LogP contribution in [-0.2, 0) is 9.84 Å². The molecule has 6 heteroatoms. The van der Waals surface area contributed by atoms with Crippen molar-refractivity contribution in [2.75, 3.05) is 18.6 Å². The number of benzene rings is 1. The van der Waals surface area contributed by atoms with E-state index in [-0.39, 0.29) is 17.7 Å². The molecule has 1 N–H and O–H groups in total. The largest absolute Gasteiger partial charge is 0.310 e.